The quantitative estimate of drug-likeness (QED) is 0.848. The molecule has 1 aliphatic heterocycles. The van der Waals surface area contributed by atoms with Crippen molar-refractivity contribution in [2.75, 3.05) is 26.8 Å². The van der Waals surface area contributed by atoms with Crippen LogP contribution in [-0.4, -0.2) is 47.8 Å². The lowest BCUT2D eigenvalue weighted by atomic mass is 9.84. The van der Waals surface area contributed by atoms with E-state index in [9.17, 15) is 4.79 Å². The fourth-order valence-electron chi connectivity index (χ4n) is 3.14. The summed E-state index contributed by atoms with van der Waals surface area (Å²) in [5.41, 5.74) is 0.817. The Morgan fingerprint density at radius 1 is 1.28 bits per heavy atom. The minimum absolute atomic E-state index is 0.193. The molecule has 1 saturated carbocycles. The number of nitrogens with zero attached hydrogens (tertiary/aromatic N) is 3. The predicted octanol–water partition coefficient (Wildman–Crippen LogP) is 2.45. The largest absolute Gasteiger partial charge is 0.497 e. The number of ether oxygens (including phenoxy) is 2. The van der Waals surface area contributed by atoms with Gasteiger partial charge in [-0.15, -0.1) is 0 Å². The van der Waals surface area contributed by atoms with Crippen LogP contribution in [0.5, 0.6) is 5.75 Å². The molecule has 1 aromatic heterocycles. The second-order valence-electron chi connectivity index (χ2n) is 6.46. The molecule has 2 fully saturated rings. The highest BCUT2D eigenvalue weighted by molar-refractivity contribution is 5.79. The topological polar surface area (TPSA) is 77.7 Å². The summed E-state index contributed by atoms with van der Waals surface area (Å²) in [5.74, 6) is 2.11. The fourth-order valence-corrected chi connectivity index (χ4v) is 3.14. The zero-order chi connectivity index (χ0) is 17.2. The van der Waals surface area contributed by atoms with E-state index < -0.39 is 0 Å². The van der Waals surface area contributed by atoms with Crippen LogP contribution in [0.4, 0.5) is 0 Å². The zero-order valence-corrected chi connectivity index (χ0v) is 14.2. The third-order valence-corrected chi connectivity index (χ3v) is 4.90. The van der Waals surface area contributed by atoms with Crippen molar-refractivity contribution in [3.05, 3.63) is 30.1 Å². The first-order valence-electron chi connectivity index (χ1n) is 8.63. The molecular weight excluding hydrogens is 322 g/mol. The number of aromatic nitrogens is 2. The number of benzene rings is 1. The first-order valence-corrected chi connectivity index (χ1v) is 8.63. The highest BCUT2D eigenvalue weighted by Gasteiger charge is 2.34. The summed E-state index contributed by atoms with van der Waals surface area (Å²) >= 11 is 0. The van der Waals surface area contributed by atoms with Gasteiger partial charge in [-0.05, 0) is 37.1 Å². The van der Waals surface area contributed by atoms with Gasteiger partial charge < -0.3 is 18.9 Å². The van der Waals surface area contributed by atoms with Crippen LogP contribution in [-0.2, 0) is 9.53 Å². The van der Waals surface area contributed by atoms with Gasteiger partial charge in [-0.1, -0.05) is 11.6 Å². The maximum Gasteiger partial charge on any atom is 0.258 e. The minimum Gasteiger partial charge on any atom is -0.497 e. The Morgan fingerprint density at radius 2 is 2.08 bits per heavy atom. The normalized spacial score (nSPS) is 21.0. The van der Waals surface area contributed by atoms with E-state index in [4.69, 9.17) is 14.0 Å². The van der Waals surface area contributed by atoms with Crippen molar-refractivity contribution in [2.45, 2.75) is 25.4 Å². The third kappa shape index (κ3) is 3.24. The van der Waals surface area contributed by atoms with E-state index in [1.165, 1.54) is 0 Å². The summed E-state index contributed by atoms with van der Waals surface area (Å²) in [5, 5.41) is 4.05. The number of carbonyl (C=O) groups excluding carboxylic acids is 1. The molecule has 2 aliphatic rings. The molecule has 7 heteroatoms. The van der Waals surface area contributed by atoms with Crippen molar-refractivity contribution in [3.63, 3.8) is 0 Å². The maximum atomic E-state index is 12.4. The molecule has 1 saturated heterocycles. The summed E-state index contributed by atoms with van der Waals surface area (Å²) in [6, 6.07) is 7.42. The molecule has 1 aromatic carbocycles. The van der Waals surface area contributed by atoms with Gasteiger partial charge in [0, 0.05) is 18.0 Å². The molecule has 0 N–H and O–H groups in total. The number of hydrogen-bond donors (Lipinski definition) is 0. The fraction of sp³-hybridized carbons (Fsp3) is 0.500. The first-order chi connectivity index (χ1) is 12.2. The van der Waals surface area contributed by atoms with Crippen molar-refractivity contribution in [1.29, 1.82) is 0 Å². The third-order valence-electron chi connectivity index (χ3n) is 4.90. The van der Waals surface area contributed by atoms with Gasteiger partial charge in [-0.2, -0.15) is 4.98 Å². The molecule has 132 valence electrons. The van der Waals surface area contributed by atoms with Gasteiger partial charge in [-0.25, -0.2) is 0 Å². The van der Waals surface area contributed by atoms with Crippen molar-refractivity contribution < 1.29 is 18.8 Å². The van der Waals surface area contributed by atoms with Crippen molar-refractivity contribution in [2.24, 2.45) is 5.92 Å². The van der Waals surface area contributed by atoms with Crippen LogP contribution in [0.2, 0.25) is 0 Å². The Bertz CT molecular complexity index is 739. The molecule has 2 heterocycles. The molecule has 0 spiro atoms. The van der Waals surface area contributed by atoms with Gasteiger partial charge in [0.1, 0.15) is 11.9 Å². The molecule has 2 aromatic rings. The zero-order valence-electron chi connectivity index (χ0n) is 14.2. The van der Waals surface area contributed by atoms with E-state index in [1.807, 2.05) is 29.2 Å². The van der Waals surface area contributed by atoms with Crippen LogP contribution in [0.25, 0.3) is 11.5 Å². The van der Waals surface area contributed by atoms with E-state index in [1.54, 1.807) is 7.11 Å². The van der Waals surface area contributed by atoms with E-state index in [-0.39, 0.29) is 17.9 Å². The highest BCUT2D eigenvalue weighted by Crippen LogP contribution is 2.31. The number of carbonyl (C=O) groups is 1. The molecular formula is C18H21N3O4. The van der Waals surface area contributed by atoms with E-state index in [0.717, 1.165) is 30.6 Å². The summed E-state index contributed by atoms with van der Waals surface area (Å²) < 4.78 is 16.3. The Kier molecular flexibility index (Phi) is 4.40. The van der Waals surface area contributed by atoms with Gasteiger partial charge in [-0.3, -0.25) is 4.79 Å². The average molecular weight is 343 g/mol. The standard InChI is InChI=1S/C18H21N3O4/c1-23-14-7-5-12(6-8-14)17-19-16(20-25-17)15-11-21(9-10-24-15)18(22)13-3-2-4-13/h5-8,13,15H,2-4,9-11H2,1H3/t15-/m1/s1. The highest BCUT2D eigenvalue weighted by atomic mass is 16.5. The summed E-state index contributed by atoms with van der Waals surface area (Å²) in [6.45, 7) is 1.61. The molecule has 1 amide bonds. The van der Waals surface area contributed by atoms with Gasteiger partial charge in [0.2, 0.25) is 11.7 Å². The van der Waals surface area contributed by atoms with Crippen LogP contribution in [0.3, 0.4) is 0 Å². The number of hydrogen-bond acceptors (Lipinski definition) is 6. The van der Waals surface area contributed by atoms with Crippen LogP contribution in [0.1, 0.15) is 31.2 Å². The van der Waals surface area contributed by atoms with E-state index in [2.05, 4.69) is 10.1 Å². The van der Waals surface area contributed by atoms with Crippen molar-refractivity contribution >= 4 is 5.91 Å². The second-order valence-corrected chi connectivity index (χ2v) is 6.46. The van der Waals surface area contributed by atoms with Crippen LogP contribution in [0.15, 0.2) is 28.8 Å². The average Bonchev–Trinajstić information content (AvgIpc) is 3.10. The lowest BCUT2D eigenvalue weighted by molar-refractivity contribution is -0.146. The first kappa shape index (κ1) is 16.1. The summed E-state index contributed by atoms with van der Waals surface area (Å²) in [7, 11) is 1.62. The lowest BCUT2D eigenvalue weighted by Gasteiger charge is -2.36. The van der Waals surface area contributed by atoms with E-state index in [0.29, 0.717) is 31.4 Å². The summed E-state index contributed by atoms with van der Waals surface area (Å²) in [6.07, 6.45) is 2.82. The van der Waals surface area contributed by atoms with Gasteiger partial charge in [0.05, 0.1) is 20.3 Å². The second kappa shape index (κ2) is 6.84. The van der Waals surface area contributed by atoms with Crippen molar-refractivity contribution in [3.8, 4) is 17.2 Å². The minimum atomic E-state index is -0.339. The Balaban J connectivity index is 1.46. The van der Waals surface area contributed by atoms with Gasteiger partial charge in [0.15, 0.2) is 0 Å². The molecule has 25 heavy (non-hydrogen) atoms. The number of amides is 1. The number of methoxy groups -OCH3 is 1. The van der Waals surface area contributed by atoms with Crippen molar-refractivity contribution in [1.82, 2.24) is 15.0 Å². The summed E-state index contributed by atoms with van der Waals surface area (Å²) in [4.78, 5) is 18.8. The molecule has 1 atom stereocenters. The molecule has 0 bridgehead atoms. The van der Waals surface area contributed by atoms with Gasteiger partial charge in [0.25, 0.3) is 5.89 Å². The number of morpholine rings is 1. The van der Waals surface area contributed by atoms with Crippen LogP contribution < -0.4 is 4.74 Å². The Morgan fingerprint density at radius 3 is 2.76 bits per heavy atom. The molecule has 1 aliphatic carbocycles. The Hall–Kier alpha value is -2.41. The Labute approximate surface area is 145 Å². The monoisotopic (exact) mass is 343 g/mol. The molecule has 0 radical (unpaired) electrons. The molecule has 7 nitrogen and oxygen atoms in total. The molecule has 4 rings (SSSR count). The van der Waals surface area contributed by atoms with Crippen LogP contribution >= 0.6 is 0 Å². The van der Waals surface area contributed by atoms with E-state index >= 15 is 0 Å². The molecule has 0 unspecified atom stereocenters. The number of rotatable bonds is 4. The SMILES string of the molecule is COc1ccc(-c2nc([C@H]3CN(C(=O)C4CCC4)CCO3)no2)cc1. The maximum absolute atomic E-state index is 12.4. The van der Waals surface area contributed by atoms with Crippen LogP contribution in [0, 0.1) is 5.92 Å². The lowest BCUT2D eigenvalue weighted by Crippen LogP contribution is -2.46. The smallest absolute Gasteiger partial charge is 0.258 e. The predicted molar refractivity (Wildman–Crippen MR) is 88.9 cm³/mol. The van der Waals surface area contributed by atoms with Gasteiger partial charge >= 0.3 is 0 Å².